The summed E-state index contributed by atoms with van der Waals surface area (Å²) in [6.45, 7) is 7.86. The highest BCUT2D eigenvalue weighted by Gasteiger charge is 2.21. The van der Waals surface area contributed by atoms with E-state index in [4.69, 9.17) is 0 Å². The van der Waals surface area contributed by atoms with Crippen molar-refractivity contribution in [1.29, 1.82) is 0 Å². The van der Waals surface area contributed by atoms with Crippen molar-refractivity contribution < 1.29 is 14.4 Å². The molecule has 2 aromatic rings. The first-order chi connectivity index (χ1) is 15.8. The summed E-state index contributed by atoms with van der Waals surface area (Å²) >= 11 is 0. The highest BCUT2D eigenvalue weighted by molar-refractivity contribution is 5.98. The Labute approximate surface area is 195 Å². The van der Waals surface area contributed by atoms with Gasteiger partial charge in [0.05, 0.1) is 6.54 Å². The summed E-state index contributed by atoms with van der Waals surface area (Å²) in [7, 11) is 0. The quantitative estimate of drug-likeness (QED) is 0.548. The molecule has 0 radical (unpaired) electrons. The Morgan fingerprint density at radius 1 is 0.909 bits per heavy atom. The molecule has 7 nitrogen and oxygen atoms in total. The molecular weight excluding hydrogens is 416 g/mol. The molecule has 0 bridgehead atoms. The Morgan fingerprint density at radius 2 is 1.55 bits per heavy atom. The first-order valence-electron chi connectivity index (χ1n) is 11.6. The van der Waals surface area contributed by atoms with Crippen molar-refractivity contribution in [3.63, 3.8) is 0 Å². The summed E-state index contributed by atoms with van der Waals surface area (Å²) in [5, 5.41) is 8.78. The molecule has 33 heavy (non-hydrogen) atoms. The van der Waals surface area contributed by atoms with Crippen LogP contribution < -0.4 is 16.0 Å². The Balaban J connectivity index is 1.48. The van der Waals surface area contributed by atoms with Crippen LogP contribution in [0.25, 0.3) is 0 Å². The third-order valence-corrected chi connectivity index (χ3v) is 5.68. The van der Waals surface area contributed by atoms with Gasteiger partial charge in [-0.25, -0.2) is 0 Å². The molecule has 2 aromatic carbocycles. The average molecular weight is 451 g/mol. The molecular formula is C26H34N4O3. The van der Waals surface area contributed by atoms with Gasteiger partial charge in [0, 0.05) is 42.1 Å². The first-order valence-corrected chi connectivity index (χ1v) is 11.6. The third kappa shape index (κ3) is 7.63. The number of carbonyl (C=O) groups excluding carboxylic acids is 3. The summed E-state index contributed by atoms with van der Waals surface area (Å²) < 4.78 is 0. The Hall–Kier alpha value is -3.35. The van der Waals surface area contributed by atoms with Crippen molar-refractivity contribution >= 4 is 34.8 Å². The number of benzene rings is 2. The van der Waals surface area contributed by atoms with Gasteiger partial charge in [0.15, 0.2) is 0 Å². The second kappa shape index (κ2) is 11.5. The lowest BCUT2D eigenvalue weighted by Gasteiger charge is -2.30. The number of rotatable bonds is 8. The molecule has 1 saturated heterocycles. The van der Waals surface area contributed by atoms with Gasteiger partial charge < -0.3 is 20.9 Å². The van der Waals surface area contributed by atoms with E-state index in [-0.39, 0.29) is 24.3 Å². The van der Waals surface area contributed by atoms with Crippen LogP contribution in [0.5, 0.6) is 0 Å². The molecule has 0 saturated carbocycles. The van der Waals surface area contributed by atoms with E-state index in [1.165, 1.54) is 0 Å². The minimum absolute atomic E-state index is 0.0108. The van der Waals surface area contributed by atoms with Crippen LogP contribution in [0, 0.1) is 11.8 Å². The van der Waals surface area contributed by atoms with E-state index in [0.717, 1.165) is 37.3 Å². The molecule has 1 aliphatic rings. The molecule has 1 aliphatic heterocycles. The number of amides is 3. The van der Waals surface area contributed by atoms with E-state index < -0.39 is 0 Å². The van der Waals surface area contributed by atoms with Crippen LogP contribution in [0.4, 0.5) is 17.1 Å². The van der Waals surface area contributed by atoms with E-state index in [0.29, 0.717) is 29.5 Å². The summed E-state index contributed by atoms with van der Waals surface area (Å²) in [6, 6.07) is 14.3. The van der Waals surface area contributed by atoms with Gasteiger partial charge in [-0.15, -0.1) is 0 Å². The van der Waals surface area contributed by atoms with Gasteiger partial charge in [-0.3, -0.25) is 14.4 Å². The number of nitrogens with zero attached hydrogens (tertiary/aromatic N) is 1. The Kier molecular flexibility index (Phi) is 8.46. The lowest BCUT2D eigenvalue weighted by molar-refractivity contribution is -0.117. The minimum Gasteiger partial charge on any atom is -0.376 e. The summed E-state index contributed by atoms with van der Waals surface area (Å²) in [6.07, 6.45) is 2.53. The predicted octanol–water partition coefficient (Wildman–Crippen LogP) is 4.59. The Morgan fingerprint density at radius 3 is 2.21 bits per heavy atom. The van der Waals surface area contributed by atoms with Crippen molar-refractivity contribution in [2.75, 3.05) is 35.6 Å². The molecule has 0 unspecified atom stereocenters. The van der Waals surface area contributed by atoms with Crippen molar-refractivity contribution in [3.05, 3.63) is 54.1 Å². The number of hydrogen-bond acceptors (Lipinski definition) is 4. The average Bonchev–Trinajstić information content (AvgIpc) is 2.78. The smallest absolute Gasteiger partial charge is 0.253 e. The molecule has 3 N–H and O–H groups in total. The maximum absolute atomic E-state index is 12.8. The fourth-order valence-electron chi connectivity index (χ4n) is 3.77. The van der Waals surface area contributed by atoms with Gasteiger partial charge in [-0.2, -0.15) is 0 Å². The van der Waals surface area contributed by atoms with E-state index in [2.05, 4.69) is 22.9 Å². The molecule has 1 heterocycles. The van der Waals surface area contributed by atoms with Gasteiger partial charge in [-0.1, -0.05) is 26.8 Å². The molecule has 0 spiro atoms. The molecule has 0 aromatic heterocycles. The maximum Gasteiger partial charge on any atom is 0.253 e. The molecule has 3 rings (SSSR count). The molecule has 176 valence electrons. The van der Waals surface area contributed by atoms with Gasteiger partial charge in [-0.05, 0) is 67.1 Å². The van der Waals surface area contributed by atoms with Gasteiger partial charge in [0.1, 0.15) is 0 Å². The Bertz CT molecular complexity index is 964. The SMILES string of the molecule is CC(C)CC(=O)Nc1ccc(NCC(=O)Nc2cccc(C(=O)N3CCC(C)CC3)c2)cc1. The molecule has 0 atom stereocenters. The van der Waals surface area contributed by atoms with Gasteiger partial charge >= 0.3 is 0 Å². The zero-order valence-corrected chi connectivity index (χ0v) is 19.7. The number of carbonyl (C=O) groups is 3. The standard InChI is InChI=1S/C26H34N4O3/c1-18(2)15-24(31)28-22-9-7-21(8-10-22)27-17-25(32)29-23-6-4-5-20(16-23)26(33)30-13-11-19(3)12-14-30/h4-10,16,18-19,27H,11-15,17H2,1-3H3,(H,28,31)(H,29,32). The second-order valence-electron chi connectivity index (χ2n) is 9.18. The van der Waals surface area contributed by atoms with E-state index in [1.807, 2.05) is 30.9 Å². The monoisotopic (exact) mass is 450 g/mol. The third-order valence-electron chi connectivity index (χ3n) is 5.68. The molecule has 7 heteroatoms. The van der Waals surface area contributed by atoms with Crippen LogP contribution in [0.1, 0.15) is 50.4 Å². The fraction of sp³-hybridized carbons (Fsp3) is 0.423. The number of anilines is 3. The van der Waals surface area contributed by atoms with Crippen molar-refractivity contribution in [2.45, 2.75) is 40.0 Å². The zero-order chi connectivity index (χ0) is 23.8. The zero-order valence-electron chi connectivity index (χ0n) is 19.7. The highest BCUT2D eigenvalue weighted by atomic mass is 16.2. The summed E-state index contributed by atoms with van der Waals surface area (Å²) in [5.41, 5.74) is 2.68. The van der Waals surface area contributed by atoms with E-state index in [1.54, 1.807) is 36.4 Å². The highest BCUT2D eigenvalue weighted by Crippen LogP contribution is 2.20. The summed E-state index contributed by atoms with van der Waals surface area (Å²) in [4.78, 5) is 38.9. The number of likely N-dealkylation sites (tertiary alicyclic amines) is 1. The maximum atomic E-state index is 12.8. The van der Waals surface area contributed by atoms with Crippen LogP contribution in [-0.2, 0) is 9.59 Å². The predicted molar refractivity (Wildman–Crippen MR) is 132 cm³/mol. The van der Waals surface area contributed by atoms with Crippen molar-refractivity contribution in [2.24, 2.45) is 11.8 Å². The lowest BCUT2D eigenvalue weighted by atomic mass is 9.98. The van der Waals surface area contributed by atoms with Crippen molar-refractivity contribution in [3.8, 4) is 0 Å². The first kappa shape index (κ1) is 24.3. The van der Waals surface area contributed by atoms with Crippen molar-refractivity contribution in [1.82, 2.24) is 4.90 Å². The number of nitrogens with one attached hydrogen (secondary N) is 3. The van der Waals surface area contributed by atoms with E-state index in [9.17, 15) is 14.4 Å². The van der Waals surface area contributed by atoms with Crippen LogP contribution in [-0.4, -0.2) is 42.3 Å². The van der Waals surface area contributed by atoms with Crippen LogP contribution in [0.2, 0.25) is 0 Å². The summed E-state index contributed by atoms with van der Waals surface area (Å²) in [5.74, 6) is 0.752. The minimum atomic E-state index is -0.208. The van der Waals surface area contributed by atoms with Gasteiger partial charge in [0.2, 0.25) is 11.8 Å². The fourth-order valence-corrected chi connectivity index (χ4v) is 3.77. The normalized spacial score (nSPS) is 14.1. The molecule has 3 amide bonds. The second-order valence-corrected chi connectivity index (χ2v) is 9.18. The van der Waals surface area contributed by atoms with E-state index >= 15 is 0 Å². The number of piperidine rings is 1. The molecule has 1 fully saturated rings. The van der Waals surface area contributed by atoms with Gasteiger partial charge in [0.25, 0.3) is 5.91 Å². The largest absolute Gasteiger partial charge is 0.376 e. The van der Waals surface area contributed by atoms with Crippen LogP contribution in [0.15, 0.2) is 48.5 Å². The lowest BCUT2D eigenvalue weighted by Crippen LogP contribution is -2.37. The molecule has 0 aliphatic carbocycles. The van der Waals surface area contributed by atoms with Crippen LogP contribution in [0.3, 0.4) is 0 Å². The topological polar surface area (TPSA) is 90.5 Å². The van der Waals surface area contributed by atoms with Crippen LogP contribution >= 0.6 is 0 Å². The number of hydrogen-bond donors (Lipinski definition) is 3.